The lowest BCUT2D eigenvalue weighted by molar-refractivity contribution is 0.266. The molecule has 0 atom stereocenters. The highest BCUT2D eigenvalue weighted by atomic mass is 15.4. The van der Waals surface area contributed by atoms with Crippen molar-refractivity contribution in [3.8, 4) is 0 Å². The van der Waals surface area contributed by atoms with Crippen molar-refractivity contribution in [2.24, 2.45) is 0 Å². The standard InChI is InChI=1S/C16H26N4/c1-17-7-9-19(13-17)11-15-3-5-16(6-4-15)12-20-10-8-18(2)14-20/h3-6H,7-14H2,1-2H3. The first kappa shape index (κ1) is 14.0. The van der Waals surface area contributed by atoms with Gasteiger partial charge in [0, 0.05) is 39.3 Å². The molecule has 0 radical (unpaired) electrons. The summed E-state index contributed by atoms with van der Waals surface area (Å²) in [5.41, 5.74) is 2.87. The fourth-order valence-electron chi connectivity index (χ4n) is 3.11. The molecule has 20 heavy (non-hydrogen) atoms. The second-order valence-electron chi connectivity index (χ2n) is 6.36. The molecule has 2 saturated heterocycles. The van der Waals surface area contributed by atoms with Crippen LogP contribution in [0.25, 0.3) is 0 Å². The maximum absolute atomic E-state index is 2.50. The number of hydrogen-bond acceptors (Lipinski definition) is 4. The summed E-state index contributed by atoms with van der Waals surface area (Å²) in [6.07, 6.45) is 0. The molecule has 0 saturated carbocycles. The smallest absolute Gasteiger partial charge is 0.0507 e. The van der Waals surface area contributed by atoms with E-state index in [1.807, 2.05) is 0 Å². The van der Waals surface area contributed by atoms with E-state index < -0.39 is 0 Å². The third-order valence-corrected chi connectivity index (χ3v) is 4.31. The van der Waals surface area contributed by atoms with Crippen LogP contribution < -0.4 is 0 Å². The normalized spacial score (nSPS) is 22.9. The molecule has 110 valence electrons. The van der Waals surface area contributed by atoms with Gasteiger partial charge in [-0.1, -0.05) is 24.3 Å². The van der Waals surface area contributed by atoms with Gasteiger partial charge in [-0.25, -0.2) is 0 Å². The number of rotatable bonds is 4. The average Bonchev–Trinajstić information content (AvgIpc) is 3.01. The molecule has 4 nitrogen and oxygen atoms in total. The molecule has 0 bridgehead atoms. The van der Waals surface area contributed by atoms with Crippen LogP contribution in [0.5, 0.6) is 0 Å². The molecule has 0 N–H and O–H groups in total. The Kier molecular flexibility index (Phi) is 4.36. The van der Waals surface area contributed by atoms with Crippen LogP contribution in [0.3, 0.4) is 0 Å². The molecule has 2 aliphatic heterocycles. The Balaban J connectivity index is 1.52. The summed E-state index contributed by atoms with van der Waals surface area (Å²) in [4.78, 5) is 9.76. The summed E-state index contributed by atoms with van der Waals surface area (Å²) in [5.74, 6) is 0. The number of benzene rings is 1. The molecule has 0 aromatic heterocycles. The minimum Gasteiger partial charge on any atom is -0.292 e. The summed E-state index contributed by atoms with van der Waals surface area (Å²) in [6.45, 7) is 9.13. The lowest BCUT2D eigenvalue weighted by atomic mass is 10.1. The molecule has 0 aliphatic carbocycles. The fraction of sp³-hybridized carbons (Fsp3) is 0.625. The zero-order valence-electron chi connectivity index (χ0n) is 12.8. The Bertz CT molecular complexity index is 390. The summed E-state index contributed by atoms with van der Waals surface area (Å²) >= 11 is 0. The Morgan fingerprint density at radius 3 is 1.40 bits per heavy atom. The van der Waals surface area contributed by atoms with Gasteiger partial charge in [0.2, 0.25) is 0 Å². The van der Waals surface area contributed by atoms with Gasteiger partial charge in [-0.05, 0) is 25.2 Å². The predicted octanol–water partition coefficient (Wildman–Crippen LogP) is 1.10. The van der Waals surface area contributed by atoms with E-state index in [1.54, 1.807) is 0 Å². The van der Waals surface area contributed by atoms with Crippen LogP contribution in [0, 0.1) is 0 Å². The maximum atomic E-state index is 2.50. The van der Waals surface area contributed by atoms with Crippen molar-refractivity contribution in [1.82, 2.24) is 19.6 Å². The van der Waals surface area contributed by atoms with Gasteiger partial charge < -0.3 is 0 Å². The van der Waals surface area contributed by atoms with E-state index >= 15 is 0 Å². The molecule has 1 aromatic carbocycles. The van der Waals surface area contributed by atoms with E-state index in [9.17, 15) is 0 Å². The van der Waals surface area contributed by atoms with Crippen LogP contribution in [0.2, 0.25) is 0 Å². The molecule has 0 unspecified atom stereocenters. The molecule has 1 aromatic rings. The summed E-state index contributed by atoms with van der Waals surface area (Å²) in [5, 5.41) is 0. The zero-order valence-corrected chi connectivity index (χ0v) is 12.8. The SMILES string of the molecule is CN1CCN(Cc2ccc(CN3CCN(C)C3)cc2)C1. The van der Waals surface area contributed by atoms with Crippen molar-refractivity contribution in [1.29, 1.82) is 0 Å². The fourth-order valence-corrected chi connectivity index (χ4v) is 3.11. The van der Waals surface area contributed by atoms with Gasteiger partial charge in [-0.2, -0.15) is 0 Å². The summed E-state index contributed by atoms with van der Waals surface area (Å²) in [6, 6.07) is 9.20. The third kappa shape index (κ3) is 3.58. The number of hydrogen-bond donors (Lipinski definition) is 0. The molecule has 0 spiro atoms. The Hall–Kier alpha value is -0.940. The van der Waals surface area contributed by atoms with Gasteiger partial charge in [0.1, 0.15) is 0 Å². The summed E-state index contributed by atoms with van der Waals surface area (Å²) in [7, 11) is 4.38. The van der Waals surface area contributed by atoms with Crippen LogP contribution in [0.15, 0.2) is 24.3 Å². The molecule has 2 heterocycles. The largest absolute Gasteiger partial charge is 0.292 e. The van der Waals surface area contributed by atoms with Gasteiger partial charge in [-0.15, -0.1) is 0 Å². The highest BCUT2D eigenvalue weighted by molar-refractivity contribution is 5.22. The van der Waals surface area contributed by atoms with Crippen molar-refractivity contribution < 1.29 is 0 Å². The first-order chi connectivity index (χ1) is 9.69. The van der Waals surface area contributed by atoms with Gasteiger partial charge in [0.25, 0.3) is 0 Å². The molecule has 4 heteroatoms. The highest BCUT2D eigenvalue weighted by Crippen LogP contribution is 2.13. The Labute approximate surface area is 122 Å². The summed E-state index contributed by atoms with van der Waals surface area (Å²) < 4.78 is 0. The van der Waals surface area contributed by atoms with Gasteiger partial charge in [0.05, 0.1) is 13.3 Å². The molecule has 2 fully saturated rings. The van der Waals surface area contributed by atoms with E-state index in [4.69, 9.17) is 0 Å². The second kappa shape index (κ2) is 6.22. The maximum Gasteiger partial charge on any atom is 0.0507 e. The van der Waals surface area contributed by atoms with E-state index in [2.05, 4.69) is 58.0 Å². The van der Waals surface area contributed by atoms with Crippen LogP contribution in [-0.2, 0) is 13.1 Å². The number of nitrogens with zero attached hydrogens (tertiary/aromatic N) is 4. The molecular weight excluding hydrogens is 248 g/mol. The molecular formula is C16H26N4. The van der Waals surface area contributed by atoms with Gasteiger partial charge >= 0.3 is 0 Å². The van der Waals surface area contributed by atoms with Crippen LogP contribution in [-0.4, -0.2) is 73.2 Å². The third-order valence-electron chi connectivity index (χ3n) is 4.31. The minimum absolute atomic E-state index is 1.08. The van der Waals surface area contributed by atoms with Gasteiger partial charge in [0.15, 0.2) is 0 Å². The monoisotopic (exact) mass is 274 g/mol. The van der Waals surface area contributed by atoms with Crippen LogP contribution >= 0.6 is 0 Å². The first-order valence-corrected chi connectivity index (χ1v) is 7.59. The second-order valence-corrected chi connectivity index (χ2v) is 6.36. The molecule has 2 aliphatic rings. The van der Waals surface area contributed by atoms with Crippen molar-refractivity contribution in [2.75, 3.05) is 53.6 Å². The topological polar surface area (TPSA) is 13.0 Å². The average molecular weight is 274 g/mol. The van der Waals surface area contributed by atoms with Crippen LogP contribution in [0.1, 0.15) is 11.1 Å². The molecule has 3 rings (SSSR count). The van der Waals surface area contributed by atoms with E-state index in [-0.39, 0.29) is 0 Å². The zero-order chi connectivity index (χ0) is 13.9. The first-order valence-electron chi connectivity index (χ1n) is 7.59. The predicted molar refractivity (Wildman–Crippen MR) is 82.3 cm³/mol. The van der Waals surface area contributed by atoms with Crippen molar-refractivity contribution >= 4 is 0 Å². The van der Waals surface area contributed by atoms with E-state index in [0.29, 0.717) is 0 Å². The van der Waals surface area contributed by atoms with Crippen molar-refractivity contribution in [2.45, 2.75) is 13.1 Å². The quantitative estimate of drug-likeness (QED) is 0.815. The highest BCUT2D eigenvalue weighted by Gasteiger charge is 2.17. The van der Waals surface area contributed by atoms with E-state index in [1.165, 1.54) is 37.3 Å². The lowest BCUT2D eigenvalue weighted by Gasteiger charge is -2.17. The number of likely N-dealkylation sites (N-methyl/N-ethyl adjacent to an activating group) is 2. The van der Waals surface area contributed by atoms with Crippen LogP contribution in [0.4, 0.5) is 0 Å². The van der Waals surface area contributed by atoms with E-state index in [0.717, 1.165) is 26.4 Å². The molecule has 0 amide bonds. The minimum atomic E-state index is 1.08. The van der Waals surface area contributed by atoms with Gasteiger partial charge in [-0.3, -0.25) is 19.6 Å². The van der Waals surface area contributed by atoms with Crippen molar-refractivity contribution in [3.63, 3.8) is 0 Å². The Morgan fingerprint density at radius 2 is 1.10 bits per heavy atom. The lowest BCUT2D eigenvalue weighted by Crippen LogP contribution is -2.23. The Morgan fingerprint density at radius 1 is 0.700 bits per heavy atom. The van der Waals surface area contributed by atoms with Crippen molar-refractivity contribution in [3.05, 3.63) is 35.4 Å².